The Hall–Kier alpha value is -0.830. The molecule has 1 unspecified atom stereocenters. The lowest BCUT2D eigenvalue weighted by Gasteiger charge is -2.25. The van der Waals surface area contributed by atoms with Gasteiger partial charge in [-0.3, -0.25) is 0 Å². The summed E-state index contributed by atoms with van der Waals surface area (Å²) in [5.74, 6) is 1.75. The number of alkyl halides is 1. The van der Waals surface area contributed by atoms with Gasteiger partial charge in [-0.05, 0) is 12.3 Å². The molecule has 1 aliphatic heterocycles. The smallest absolute Gasteiger partial charge is 0.151 e. The Bertz CT molecular complexity index is 418. The largest absolute Gasteiger partial charge is 0.238 e. The number of nitrogens with zero attached hydrogens (tertiary/aromatic N) is 3. The topological polar surface area (TPSA) is 30.2 Å². The van der Waals surface area contributed by atoms with Crippen molar-refractivity contribution in [2.45, 2.75) is 50.4 Å². The van der Waals surface area contributed by atoms with E-state index in [4.69, 9.17) is 11.6 Å². The van der Waals surface area contributed by atoms with E-state index >= 15 is 0 Å². The van der Waals surface area contributed by atoms with Gasteiger partial charge in [0, 0.05) is 18.2 Å². The second-order valence-electron chi connectivity index (χ2n) is 5.16. The molecule has 1 fully saturated rings. The fourth-order valence-electron chi connectivity index (χ4n) is 2.95. The number of hydrogen-bond donors (Lipinski definition) is 0. The number of rotatable bonds is 2. The van der Waals surface area contributed by atoms with Crippen LogP contribution in [0.1, 0.15) is 50.4 Å². The summed E-state index contributed by atoms with van der Waals surface area (Å²) >= 11 is 6.32. The van der Waals surface area contributed by atoms with Crippen LogP contribution >= 0.6 is 11.6 Å². The summed E-state index contributed by atoms with van der Waals surface area (Å²) in [4.78, 5) is 4.68. The molecule has 3 rings (SSSR count). The van der Waals surface area contributed by atoms with E-state index in [1.165, 1.54) is 37.8 Å². The zero-order chi connectivity index (χ0) is 11.7. The Morgan fingerprint density at radius 3 is 2.94 bits per heavy atom. The number of aromatic nitrogens is 2. The predicted octanol–water partition coefficient (Wildman–Crippen LogP) is 4.07. The van der Waals surface area contributed by atoms with E-state index in [2.05, 4.69) is 10.1 Å². The molecule has 2 heterocycles. The first kappa shape index (κ1) is 11.3. The minimum Gasteiger partial charge on any atom is -0.238 e. The SMILES string of the molecule is ClC1CC(CC2CCCCC2)=Nc2ccnn21. The molecule has 0 aromatic carbocycles. The molecule has 0 N–H and O–H groups in total. The fraction of sp³-hybridized carbons (Fsp3) is 0.692. The summed E-state index contributed by atoms with van der Waals surface area (Å²) in [5.41, 5.74) is 1.22. The normalized spacial score (nSPS) is 25.5. The van der Waals surface area contributed by atoms with Gasteiger partial charge in [0.05, 0.1) is 6.20 Å². The highest BCUT2D eigenvalue weighted by Gasteiger charge is 2.23. The average Bonchev–Trinajstić information content (AvgIpc) is 2.79. The fourth-order valence-corrected chi connectivity index (χ4v) is 3.28. The van der Waals surface area contributed by atoms with Crippen molar-refractivity contribution in [1.82, 2.24) is 9.78 Å². The second kappa shape index (κ2) is 4.81. The maximum Gasteiger partial charge on any atom is 0.151 e. The molecule has 92 valence electrons. The van der Waals surface area contributed by atoms with Crippen molar-refractivity contribution in [3.63, 3.8) is 0 Å². The minimum atomic E-state index is -0.0453. The monoisotopic (exact) mass is 251 g/mol. The van der Waals surface area contributed by atoms with Crippen LogP contribution in [0.4, 0.5) is 5.82 Å². The molecule has 0 radical (unpaired) electrons. The molecule has 0 saturated heterocycles. The highest BCUT2D eigenvalue weighted by Crippen LogP contribution is 2.33. The maximum atomic E-state index is 6.32. The molecule has 1 aromatic rings. The maximum absolute atomic E-state index is 6.32. The van der Waals surface area contributed by atoms with Crippen LogP contribution in [0, 0.1) is 5.92 Å². The number of aliphatic imine (C=N–C) groups is 1. The van der Waals surface area contributed by atoms with Crippen LogP contribution in [-0.4, -0.2) is 15.5 Å². The minimum absolute atomic E-state index is 0.0453. The first-order valence-electron chi connectivity index (χ1n) is 6.57. The van der Waals surface area contributed by atoms with Gasteiger partial charge in [0.2, 0.25) is 0 Å². The van der Waals surface area contributed by atoms with Gasteiger partial charge in [0.1, 0.15) is 5.50 Å². The summed E-state index contributed by atoms with van der Waals surface area (Å²) in [6, 6.07) is 1.94. The highest BCUT2D eigenvalue weighted by atomic mass is 35.5. The molecule has 3 nitrogen and oxygen atoms in total. The second-order valence-corrected chi connectivity index (χ2v) is 5.66. The van der Waals surface area contributed by atoms with Gasteiger partial charge in [0.25, 0.3) is 0 Å². The molecule has 17 heavy (non-hydrogen) atoms. The molecule has 1 atom stereocenters. The van der Waals surface area contributed by atoms with E-state index in [-0.39, 0.29) is 5.50 Å². The van der Waals surface area contributed by atoms with Gasteiger partial charge in [-0.25, -0.2) is 9.67 Å². The van der Waals surface area contributed by atoms with Crippen LogP contribution in [0.15, 0.2) is 17.3 Å². The highest BCUT2D eigenvalue weighted by molar-refractivity contribution is 6.20. The molecule has 0 bridgehead atoms. The third kappa shape index (κ3) is 2.39. The quantitative estimate of drug-likeness (QED) is 0.729. The van der Waals surface area contributed by atoms with Crippen molar-refractivity contribution < 1.29 is 0 Å². The summed E-state index contributed by atoms with van der Waals surface area (Å²) in [6.07, 6.45) is 10.7. The number of halogens is 1. The zero-order valence-corrected chi connectivity index (χ0v) is 10.7. The zero-order valence-electron chi connectivity index (χ0n) is 9.98. The van der Waals surface area contributed by atoms with E-state index in [0.717, 1.165) is 24.6 Å². The Kier molecular flexibility index (Phi) is 3.19. The van der Waals surface area contributed by atoms with E-state index in [0.29, 0.717) is 0 Å². The van der Waals surface area contributed by atoms with Gasteiger partial charge in [0.15, 0.2) is 5.82 Å². The van der Waals surface area contributed by atoms with Gasteiger partial charge >= 0.3 is 0 Å². The Morgan fingerprint density at radius 1 is 1.29 bits per heavy atom. The molecule has 0 amide bonds. The van der Waals surface area contributed by atoms with Gasteiger partial charge in [-0.1, -0.05) is 43.7 Å². The van der Waals surface area contributed by atoms with Crippen LogP contribution in [0.25, 0.3) is 0 Å². The van der Waals surface area contributed by atoms with Crippen LogP contribution < -0.4 is 0 Å². The first-order chi connectivity index (χ1) is 8.33. The van der Waals surface area contributed by atoms with E-state index in [9.17, 15) is 0 Å². The van der Waals surface area contributed by atoms with Crippen molar-refractivity contribution in [3.8, 4) is 0 Å². The Morgan fingerprint density at radius 2 is 2.12 bits per heavy atom. The lowest BCUT2D eigenvalue weighted by molar-refractivity contribution is 0.365. The van der Waals surface area contributed by atoms with Crippen LogP contribution in [0.2, 0.25) is 0 Å². The molecule has 1 saturated carbocycles. The Balaban J connectivity index is 1.72. The summed E-state index contributed by atoms with van der Waals surface area (Å²) < 4.78 is 1.81. The first-order valence-corrected chi connectivity index (χ1v) is 7.00. The van der Waals surface area contributed by atoms with E-state index in [1.807, 2.05) is 10.7 Å². The molecule has 4 heteroatoms. The van der Waals surface area contributed by atoms with E-state index < -0.39 is 0 Å². The molecule has 1 aromatic heterocycles. The summed E-state index contributed by atoms with van der Waals surface area (Å²) in [5, 5.41) is 4.20. The predicted molar refractivity (Wildman–Crippen MR) is 70.0 cm³/mol. The lowest BCUT2D eigenvalue weighted by Crippen LogP contribution is -2.19. The Labute approximate surface area is 107 Å². The van der Waals surface area contributed by atoms with E-state index in [1.54, 1.807) is 6.20 Å². The molecular formula is C13H18ClN3. The molecule has 2 aliphatic rings. The van der Waals surface area contributed by atoms with Gasteiger partial charge in [-0.2, -0.15) is 5.10 Å². The van der Waals surface area contributed by atoms with Crippen LogP contribution in [0.3, 0.4) is 0 Å². The summed E-state index contributed by atoms with van der Waals surface area (Å²) in [7, 11) is 0. The van der Waals surface area contributed by atoms with Crippen LogP contribution in [-0.2, 0) is 0 Å². The molecule has 0 spiro atoms. The molecule has 1 aliphatic carbocycles. The van der Waals surface area contributed by atoms with Gasteiger partial charge < -0.3 is 0 Å². The summed E-state index contributed by atoms with van der Waals surface area (Å²) in [6.45, 7) is 0. The average molecular weight is 252 g/mol. The number of fused-ring (bicyclic) bond motifs is 1. The van der Waals surface area contributed by atoms with Crippen molar-refractivity contribution in [2.75, 3.05) is 0 Å². The van der Waals surface area contributed by atoms with Crippen molar-refractivity contribution in [2.24, 2.45) is 10.9 Å². The van der Waals surface area contributed by atoms with Crippen molar-refractivity contribution in [1.29, 1.82) is 0 Å². The molecular weight excluding hydrogens is 234 g/mol. The van der Waals surface area contributed by atoms with Crippen LogP contribution in [0.5, 0.6) is 0 Å². The van der Waals surface area contributed by atoms with Gasteiger partial charge in [-0.15, -0.1) is 0 Å². The number of hydrogen-bond acceptors (Lipinski definition) is 2. The van der Waals surface area contributed by atoms with Crippen molar-refractivity contribution >= 4 is 23.1 Å². The standard InChI is InChI=1S/C13H18ClN3/c14-12-9-11(8-10-4-2-1-3-5-10)16-13-6-7-15-17(12)13/h6-7,10,12H,1-5,8-9H2. The van der Waals surface area contributed by atoms with Crippen molar-refractivity contribution in [3.05, 3.63) is 12.3 Å². The third-order valence-corrected chi connectivity index (χ3v) is 4.18. The lowest BCUT2D eigenvalue weighted by atomic mass is 9.85. The third-order valence-electron chi connectivity index (χ3n) is 3.84.